The molecule has 146 valence electrons. The molecule has 0 spiro atoms. The van der Waals surface area contributed by atoms with Gasteiger partial charge in [-0.15, -0.1) is 0 Å². The number of carbonyl (C=O) groups excluding carboxylic acids is 2. The third-order valence-corrected chi connectivity index (χ3v) is 6.46. The van der Waals surface area contributed by atoms with Crippen LogP contribution in [-0.2, 0) is 9.59 Å². The number of para-hydroxylation sites is 2. The summed E-state index contributed by atoms with van der Waals surface area (Å²) in [6, 6.07) is 8.03. The molecular weight excluding hydrogens is 340 g/mol. The number of hydrogen-bond donors (Lipinski definition) is 0. The molecule has 27 heavy (non-hydrogen) atoms. The van der Waals surface area contributed by atoms with Crippen molar-refractivity contribution in [2.75, 3.05) is 24.6 Å². The summed E-state index contributed by atoms with van der Waals surface area (Å²) in [6.07, 6.45) is 7.58. The Morgan fingerprint density at radius 2 is 1.93 bits per heavy atom. The van der Waals surface area contributed by atoms with Gasteiger partial charge < -0.3 is 14.5 Å². The first kappa shape index (κ1) is 18.3. The Hall–Kier alpha value is -2.04. The Labute approximate surface area is 161 Å². The molecule has 2 heterocycles. The topological polar surface area (TPSA) is 49.9 Å². The molecule has 1 aromatic rings. The summed E-state index contributed by atoms with van der Waals surface area (Å²) >= 11 is 0. The Kier molecular flexibility index (Phi) is 5.37. The Balaban J connectivity index is 1.49. The van der Waals surface area contributed by atoms with Crippen molar-refractivity contribution in [1.29, 1.82) is 0 Å². The molecule has 1 aliphatic carbocycles. The molecule has 0 N–H and O–H groups in total. The van der Waals surface area contributed by atoms with Crippen LogP contribution in [0.2, 0.25) is 0 Å². The van der Waals surface area contributed by atoms with E-state index in [1.54, 1.807) is 4.90 Å². The fourth-order valence-electron chi connectivity index (χ4n) is 5.20. The number of anilines is 1. The van der Waals surface area contributed by atoms with Gasteiger partial charge in [-0.3, -0.25) is 9.59 Å². The van der Waals surface area contributed by atoms with E-state index in [1.165, 1.54) is 25.7 Å². The van der Waals surface area contributed by atoms with Gasteiger partial charge in [-0.05, 0) is 50.7 Å². The standard InChI is InChI=1S/C22H30N2O3/c1-2-27-20-12-6-5-11-19(20)24-15-17(14-21(24)25)22(26)23-13-7-9-16-8-3-4-10-18(16)23/h5-6,11-12,16-18H,2-4,7-10,13-15H2,1H3. The van der Waals surface area contributed by atoms with Gasteiger partial charge in [0.2, 0.25) is 11.8 Å². The van der Waals surface area contributed by atoms with Crippen LogP contribution in [0.15, 0.2) is 24.3 Å². The van der Waals surface area contributed by atoms with E-state index in [-0.39, 0.29) is 17.7 Å². The molecule has 3 aliphatic rings. The Bertz CT molecular complexity index is 703. The lowest BCUT2D eigenvalue weighted by atomic mass is 9.78. The van der Waals surface area contributed by atoms with Crippen LogP contribution >= 0.6 is 0 Å². The van der Waals surface area contributed by atoms with Crippen LogP contribution in [0, 0.1) is 11.8 Å². The quantitative estimate of drug-likeness (QED) is 0.813. The molecule has 4 rings (SSSR count). The predicted molar refractivity (Wildman–Crippen MR) is 105 cm³/mol. The maximum atomic E-state index is 13.3. The monoisotopic (exact) mass is 370 g/mol. The van der Waals surface area contributed by atoms with Gasteiger partial charge in [0.15, 0.2) is 0 Å². The maximum Gasteiger partial charge on any atom is 0.228 e. The third kappa shape index (κ3) is 3.56. The smallest absolute Gasteiger partial charge is 0.228 e. The van der Waals surface area contributed by atoms with Crippen LogP contribution in [0.4, 0.5) is 5.69 Å². The molecule has 3 unspecified atom stereocenters. The highest BCUT2D eigenvalue weighted by atomic mass is 16.5. The van der Waals surface area contributed by atoms with Gasteiger partial charge in [0.25, 0.3) is 0 Å². The van der Waals surface area contributed by atoms with E-state index in [9.17, 15) is 9.59 Å². The van der Waals surface area contributed by atoms with Crippen LogP contribution in [-0.4, -0.2) is 42.5 Å². The number of rotatable bonds is 4. The van der Waals surface area contributed by atoms with Crippen LogP contribution < -0.4 is 9.64 Å². The second-order valence-corrected chi connectivity index (χ2v) is 8.09. The van der Waals surface area contributed by atoms with Crippen molar-refractivity contribution in [2.45, 2.75) is 57.9 Å². The molecule has 5 nitrogen and oxygen atoms in total. The maximum absolute atomic E-state index is 13.3. The van der Waals surface area contributed by atoms with Crippen LogP contribution in [0.3, 0.4) is 0 Å². The molecule has 0 aromatic heterocycles. The number of likely N-dealkylation sites (tertiary alicyclic amines) is 1. The largest absolute Gasteiger partial charge is 0.492 e. The summed E-state index contributed by atoms with van der Waals surface area (Å²) in [5.74, 6) is 1.37. The minimum absolute atomic E-state index is 0.0257. The van der Waals surface area contributed by atoms with E-state index in [4.69, 9.17) is 4.74 Å². The molecule has 1 aromatic carbocycles. The molecular formula is C22H30N2O3. The average Bonchev–Trinajstić information content (AvgIpc) is 3.09. The summed E-state index contributed by atoms with van der Waals surface area (Å²) in [7, 11) is 0. The van der Waals surface area contributed by atoms with Gasteiger partial charge in [-0.25, -0.2) is 0 Å². The van der Waals surface area contributed by atoms with E-state index in [0.717, 1.165) is 25.1 Å². The highest BCUT2D eigenvalue weighted by Crippen LogP contribution is 2.38. The van der Waals surface area contributed by atoms with Gasteiger partial charge in [0, 0.05) is 25.6 Å². The van der Waals surface area contributed by atoms with Crippen molar-refractivity contribution in [3.8, 4) is 5.75 Å². The molecule has 0 bridgehead atoms. The lowest BCUT2D eigenvalue weighted by molar-refractivity contribution is -0.142. The van der Waals surface area contributed by atoms with E-state index in [0.29, 0.717) is 37.3 Å². The first-order valence-corrected chi connectivity index (χ1v) is 10.5. The highest BCUT2D eigenvalue weighted by molar-refractivity contribution is 6.01. The third-order valence-electron chi connectivity index (χ3n) is 6.46. The minimum atomic E-state index is -0.229. The second kappa shape index (κ2) is 7.91. The second-order valence-electron chi connectivity index (χ2n) is 8.09. The first-order chi connectivity index (χ1) is 13.2. The highest BCUT2D eigenvalue weighted by Gasteiger charge is 2.42. The van der Waals surface area contributed by atoms with Crippen molar-refractivity contribution < 1.29 is 14.3 Å². The normalized spacial score (nSPS) is 28.2. The summed E-state index contributed by atoms with van der Waals surface area (Å²) in [5, 5.41) is 0. The molecule has 1 saturated carbocycles. The Morgan fingerprint density at radius 1 is 1.15 bits per heavy atom. The molecule has 5 heteroatoms. The number of piperidine rings is 1. The van der Waals surface area contributed by atoms with E-state index in [1.807, 2.05) is 31.2 Å². The first-order valence-electron chi connectivity index (χ1n) is 10.5. The van der Waals surface area contributed by atoms with Gasteiger partial charge in [0.1, 0.15) is 5.75 Å². The zero-order valence-corrected chi connectivity index (χ0v) is 16.2. The van der Waals surface area contributed by atoms with Crippen LogP contribution in [0.5, 0.6) is 5.75 Å². The molecule has 3 atom stereocenters. The number of amides is 2. The minimum Gasteiger partial charge on any atom is -0.492 e. The lowest BCUT2D eigenvalue weighted by Gasteiger charge is -2.45. The molecule has 2 amide bonds. The van der Waals surface area contributed by atoms with Crippen molar-refractivity contribution >= 4 is 17.5 Å². The average molecular weight is 370 g/mol. The fourth-order valence-corrected chi connectivity index (χ4v) is 5.20. The van der Waals surface area contributed by atoms with Crippen LogP contribution in [0.25, 0.3) is 0 Å². The zero-order valence-electron chi connectivity index (χ0n) is 16.2. The summed E-state index contributed by atoms with van der Waals surface area (Å²) < 4.78 is 5.69. The predicted octanol–water partition coefficient (Wildman–Crippen LogP) is 3.62. The van der Waals surface area contributed by atoms with E-state index >= 15 is 0 Å². The molecule has 3 fully saturated rings. The number of nitrogens with zero attached hydrogens (tertiary/aromatic N) is 2. The summed E-state index contributed by atoms with van der Waals surface area (Å²) in [4.78, 5) is 29.9. The SMILES string of the molecule is CCOc1ccccc1N1CC(C(=O)N2CCCC3CCCCC32)CC1=O. The van der Waals surface area contributed by atoms with E-state index < -0.39 is 0 Å². The van der Waals surface area contributed by atoms with Crippen molar-refractivity contribution in [3.05, 3.63) is 24.3 Å². The number of carbonyl (C=O) groups is 2. The fraction of sp³-hybridized carbons (Fsp3) is 0.636. The van der Waals surface area contributed by atoms with E-state index in [2.05, 4.69) is 4.90 Å². The molecule has 2 aliphatic heterocycles. The number of ether oxygens (including phenoxy) is 1. The zero-order chi connectivity index (χ0) is 18.8. The van der Waals surface area contributed by atoms with Crippen molar-refractivity contribution in [2.24, 2.45) is 11.8 Å². The van der Waals surface area contributed by atoms with Gasteiger partial charge in [-0.1, -0.05) is 25.0 Å². The van der Waals surface area contributed by atoms with Crippen molar-refractivity contribution in [1.82, 2.24) is 4.90 Å². The van der Waals surface area contributed by atoms with Gasteiger partial charge in [0.05, 0.1) is 18.2 Å². The number of fused-ring (bicyclic) bond motifs is 1. The van der Waals surface area contributed by atoms with Crippen molar-refractivity contribution in [3.63, 3.8) is 0 Å². The van der Waals surface area contributed by atoms with Gasteiger partial charge in [-0.2, -0.15) is 0 Å². The summed E-state index contributed by atoms with van der Waals surface area (Å²) in [6.45, 7) is 3.82. The number of benzene rings is 1. The van der Waals surface area contributed by atoms with Gasteiger partial charge >= 0.3 is 0 Å². The molecule has 0 radical (unpaired) electrons. The Morgan fingerprint density at radius 3 is 2.78 bits per heavy atom. The lowest BCUT2D eigenvalue weighted by Crippen LogP contribution is -2.51. The van der Waals surface area contributed by atoms with Crippen LogP contribution in [0.1, 0.15) is 51.9 Å². The summed E-state index contributed by atoms with van der Waals surface area (Å²) in [5.41, 5.74) is 0.786. The molecule has 2 saturated heterocycles. The number of hydrogen-bond acceptors (Lipinski definition) is 3.